The molecule has 5 atom stereocenters. The molecule has 160 valence electrons. The predicted molar refractivity (Wildman–Crippen MR) is 102 cm³/mol. The van der Waals surface area contributed by atoms with Gasteiger partial charge in [-0.2, -0.15) is 0 Å². The van der Waals surface area contributed by atoms with Crippen molar-refractivity contribution in [2.45, 2.75) is 30.7 Å². The molecule has 0 amide bonds. The molecule has 0 radical (unpaired) electrons. The molecule has 2 aromatic rings. The topological polar surface area (TPSA) is 143 Å². The number of Topliss-reactive ketones (excluding diaryl/α,β-unsaturated/α-hetero) is 2. The molecule has 0 unspecified atom stereocenters. The fourth-order valence-electron chi connectivity index (χ4n) is 3.01. The van der Waals surface area contributed by atoms with Crippen LogP contribution < -0.4 is 9.47 Å². The van der Waals surface area contributed by atoms with E-state index in [1.807, 2.05) is 0 Å². The van der Waals surface area contributed by atoms with Crippen molar-refractivity contribution in [3.63, 3.8) is 0 Å². The van der Waals surface area contributed by atoms with Crippen molar-refractivity contribution in [1.82, 2.24) is 0 Å². The number of aliphatic hydroxyl groups excluding tert-OH is 4. The van der Waals surface area contributed by atoms with E-state index in [1.165, 1.54) is 43.5 Å². The SMILES string of the molecule is COc1ccc(C(=O)C(=O)c2cccc(O[C@@H]3O[C@H](CO)[C@@H](O)[C@H](O)[C@H]3O)c2)cc1. The molecule has 1 saturated heterocycles. The lowest BCUT2D eigenvalue weighted by Crippen LogP contribution is -2.60. The Bertz CT molecular complexity index is 894. The van der Waals surface area contributed by atoms with Crippen LogP contribution >= 0.6 is 0 Å². The number of hydrogen-bond donors (Lipinski definition) is 4. The van der Waals surface area contributed by atoms with Crippen LogP contribution in [0.2, 0.25) is 0 Å². The van der Waals surface area contributed by atoms with Crippen LogP contribution in [0.25, 0.3) is 0 Å². The first-order valence-electron chi connectivity index (χ1n) is 9.16. The molecule has 0 spiro atoms. The second kappa shape index (κ2) is 9.33. The summed E-state index contributed by atoms with van der Waals surface area (Å²) in [5.74, 6) is -0.844. The Balaban J connectivity index is 1.75. The molecular weight excluding hydrogens is 396 g/mol. The highest BCUT2D eigenvalue weighted by Crippen LogP contribution is 2.25. The highest BCUT2D eigenvalue weighted by molar-refractivity contribution is 6.49. The van der Waals surface area contributed by atoms with Crippen molar-refractivity contribution in [2.75, 3.05) is 13.7 Å². The van der Waals surface area contributed by atoms with E-state index in [4.69, 9.17) is 14.2 Å². The Kier molecular flexibility index (Phi) is 6.80. The van der Waals surface area contributed by atoms with Gasteiger partial charge in [0.05, 0.1) is 13.7 Å². The van der Waals surface area contributed by atoms with Gasteiger partial charge in [0.25, 0.3) is 0 Å². The van der Waals surface area contributed by atoms with Crippen molar-refractivity contribution in [2.24, 2.45) is 0 Å². The maximum Gasteiger partial charge on any atom is 0.233 e. The Morgan fingerprint density at radius 3 is 2.20 bits per heavy atom. The van der Waals surface area contributed by atoms with Gasteiger partial charge in [-0.3, -0.25) is 9.59 Å². The third kappa shape index (κ3) is 4.50. The monoisotopic (exact) mass is 418 g/mol. The zero-order valence-corrected chi connectivity index (χ0v) is 16.0. The molecule has 1 aliphatic heterocycles. The standard InChI is InChI=1S/C21H22O9/c1-28-13-7-5-11(6-8-13)16(23)17(24)12-3-2-4-14(9-12)29-21-20(27)19(26)18(25)15(10-22)30-21/h2-9,15,18-22,25-27H,10H2,1H3/t15-,18-,19+,20-,21-/m1/s1. The molecule has 0 aliphatic carbocycles. The van der Waals surface area contributed by atoms with Gasteiger partial charge in [-0.15, -0.1) is 0 Å². The molecule has 2 aromatic carbocycles. The van der Waals surface area contributed by atoms with Gasteiger partial charge in [-0.25, -0.2) is 0 Å². The minimum Gasteiger partial charge on any atom is -0.497 e. The highest BCUT2D eigenvalue weighted by Gasteiger charge is 2.44. The zero-order valence-electron chi connectivity index (χ0n) is 16.0. The van der Waals surface area contributed by atoms with E-state index in [0.29, 0.717) is 5.75 Å². The van der Waals surface area contributed by atoms with E-state index < -0.39 is 48.9 Å². The summed E-state index contributed by atoms with van der Waals surface area (Å²) in [6.07, 6.45) is -7.23. The van der Waals surface area contributed by atoms with Crippen LogP contribution in [0.15, 0.2) is 48.5 Å². The summed E-state index contributed by atoms with van der Waals surface area (Å²) < 4.78 is 15.8. The minimum atomic E-state index is -1.60. The summed E-state index contributed by atoms with van der Waals surface area (Å²) in [5, 5.41) is 39.0. The van der Waals surface area contributed by atoms with Crippen molar-refractivity contribution < 1.29 is 44.2 Å². The van der Waals surface area contributed by atoms with Gasteiger partial charge in [-0.05, 0) is 36.4 Å². The lowest BCUT2D eigenvalue weighted by Gasteiger charge is -2.39. The van der Waals surface area contributed by atoms with Gasteiger partial charge in [0.15, 0.2) is 0 Å². The summed E-state index contributed by atoms with van der Waals surface area (Å²) in [6.45, 7) is -0.598. The summed E-state index contributed by atoms with van der Waals surface area (Å²) >= 11 is 0. The van der Waals surface area contributed by atoms with Gasteiger partial charge >= 0.3 is 0 Å². The number of benzene rings is 2. The van der Waals surface area contributed by atoms with E-state index >= 15 is 0 Å². The highest BCUT2D eigenvalue weighted by atomic mass is 16.7. The molecule has 1 fully saturated rings. The first-order chi connectivity index (χ1) is 14.3. The molecule has 0 aromatic heterocycles. The third-order valence-electron chi connectivity index (χ3n) is 4.76. The molecule has 4 N–H and O–H groups in total. The first-order valence-corrected chi connectivity index (χ1v) is 9.16. The number of carbonyl (C=O) groups excluding carboxylic acids is 2. The zero-order chi connectivity index (χ0) is 21.8. The number of methoxy groups -OCH3 is 1. The van der Waals surface area contributed by atoms with Crippen LogP contribution in [0.3, 0.4) is 0 Å². The number of rotatable bonds is 7. The number of hydrogen-bond acceptors (Lipinski definition) is 9. The molecule has 3 rings (SSSR count). The molecule has 1 aliphatic rings. The Morgan fingerprint density at radius 2 is 1.57 bits per heavy atom. The largest absolute Gasteiger partial charge is 0.497 e. The summed E-state index contributed by atoms with van der Waals surface area (Å²) in [4.78, 5) is 25.1. The molecule has 9 nitrogen and oxygen atoms in total. The second-order valence-corrected chi connectivity index (χ2v) is 6.73. The maximum absolute atomic E-state index is 12.6. The van der Waals surface area contributed by atoms with Crippen LogP contribution in [0.1, 0.15) is 20.7 Å². The van der Waals surface area contributed by atoms with Crippen LogP contribution in [0.4, 0.5) is 0 Å². The lowest BCUT2D eigenvalue weighted by molar-refractivity contribution is -0.277. The minimum absolute atomic E-state index is 0.0536. The third-order valence-corrected chi connectivity index (χ3v) is 4.76. The molecule has 0 saturated carbocycles. The van der Waals surface area contributed by atoms with Gasteiger partial charge in [-0.1, -0.05) is 12.1 Å². The average molecular weight is 418 g/mol. The summed E-state index contributed by atoms with van der Waals surface area (Å²) in [5.41, 5.74) is 0.249. The van der Waals surface area contributed by atoms with Crippen molar-refractivity contribution >= 4 is 11.6 Å². The quantitative estimate of drug-likeness (QED) is 0.359. The molecule has 9 heteroatoms. The maximum atomic E-state index is 12.6. The van der Waals surface area contributed by atoms with Crippen molar-refractivity contribution in [3.05, 3.63) is 59.7 Å². The number of aliphatic hydroxyl groups is 4. The van der Waals surface area contributed by atoms with Crippen LogP contribution in [0, 0.1) is 0 Å². The molecule has 30 heavy (non-hydrogen) atoms. The first kappa shape index (κ1) is 21.9. The smallest absolute Gasteiger partial charge is 0.233 e. The van der Waals surface area contributed by atoms with Crippen LogP contribution in [0.5, 0.6) is 11.5 Å². The van der Waals surface area contributed by atoms with Gasteiger partial charge in [0.1, 0.15) is 35.9 Å². The van der Waals surface area contributed by atoms with Gasteiger partial charge in [0.2, 0.25) is 17.9 Å². The fourth-order valence-corrected chi connectivity index (χ4v) is 3.01. The number of ether oxygens (including phenoxy) is 3. The predicted octanol–water partition coefficient (Wildman–Crippen LogP) is -0.0605. The number of carbonyl (C=O) groups is 2. The van der Waals surface area contributed by atoms with E-state index in [9.17, 15) is 30.0 Å². The van der Waals surface area contributed by atoms with Gasteiger partial charge in [0, 0.05) is 11.1 Å². The van der Waals surface area contributed by atoms with Crippen LogP contribution in [-0.4, -0.2) is 76.4 Å². The molecular formula is C21H22O9. The summed E-state index contributed by atoms with van der Waals surface area (Å²) in [7, 11) is 1.49. The average Bonchev–Trinajstić information content (AvgIpc) is 2.78. The van der Waals surface area contributed by atoms with E-state index in [0.717, 1.165) is 0 Å². The molecule has 1 heterocycles. The summed E-state index contributed by atoms with van der Waals surface area (Å²) in [6, 6.07) is 11.8. The normalized spacial score (nSPS) is 26.1. The molecule has 0 bridgehead atoms. The van der Waals surface area contributed by atoms with Crippen molar-refractivity contribution in [3.8, 4) is 11.5 Å². The van der Waals surface area contributed by atoms with E-state index in [-0.39, 0.29) is 16.9 Å². The lowest BCUT2D eigenvalue weighted by atomic mass is 9.99. The Labute approximate surface area is 172 Å². The second-order valence-electron chi connectivity index (χ2n) is 6.73. The Hall–Kier alpha value is -2.82. The number of ketones is 2. The van der Waals surface area contributed by atoms with E-state index in [2.05, 4.69) is 0 Å². The van der Waals surface area contributed by atoms with Crippen molar-refractivity contribution in [1.29, 1.82) is 0 Å². The Morgan fingerprint density at radius 1 is 0.900 bits per heavy atom. The van der Waals surface area contributed by atoms with Gasteiger partial charge < -0.3 is 34.6 Å². The van der Waals surface area contributed by atoms with E-state index in [1.54, 1.807) is 12.1 Å². The van der Waals surface area contributed by atoms with Crippen LogP contribution in [-0.2, 0) is 4.74 Å². The fraction of sp³-hybridized carbons (Fsp3) is 0.333.